The van der Waals surface area contributed by atoms with Gasteiger partial charge in [0, 0.05) is 0 Å². The molecular formula is C9H7Cl2N3O2S2. The number of hydrogen-bond donors (Lipinski definition) is 1. The monoisotopic (exact) mass is 323 g/mol. The molecule has 0 saturated carbocycles. The van der Waals surface area contributed by atoms with E-state index in [-0.39, 0.29) is 10.9 Å². The predicted octanol–water partition coefficient (Wildman–Crippen LogP) is 2.79. The van der Waals surface area contributed by atoms with E-state index in [0.29, 0.717) is 15.6 Å². The van der Waals surface area contributed by atoms with Gasteiger partial charge in [-0.25, -0.2) is 8.42 Å². The van der Waals surface area contributed by atoms with Crippen molar-refractivity contribution in [2.45, 2.75) is 5.75 Å². The molecule has 0 atom stereocenters. The minimum atomic E-state index is -3.53. The summed E-state index contributed by atoms with van der Waals surface area (Å²) in [6, 6.07) is 4.68. The molecule has 0 unspecified atom stereocenters. The standard InChI is InChI=1S/C9H7Cl2N3O2S2/c10-7-2-1-6(3-8(7)11)4-18(15,16)14-9-13-12-5-17-9/h1-3,5H,4H2,(H,13,14). The zero-order chi connectivity index (χ0) is 13.2. The van der Waals surface area contributed by atoms with Crippen molar-refractivity contribution in [2.24, 2.45) is 0 Å². The van der Waals surface area contributed by atoms with Crippen LogP contribution in [-0.4, -0.2) is 18.6 Å². The van der Waals surface area contributed by atoms with Crippen LogP contribution < -0.4 is 4.72 Å². The van der Waals surface area contributed by atoms with Crippen LogP contribution >= 0.6 is 34.5 Å². The SMILES string of the molecule is O=S(=O)(Cc1ccc(Cl)c(Cl)c1)Nc1nncs1. The van der Waals surface area contributed by atoms with Gasteiger partial charge in [-0.15, -0.1) is 10.2 Å². The molecule has 96 valence electrons. The molecule has 9 heteroatoms. The molecule has 0 aliphatic heterocycles. The van der Waals surface area contributed by atoms with E-state index in [1.807, 2.05) is 0 Å². The summed E-state index contributed by atoms with van der Waals surface area (Å²) in [5.41, 5.74) is 1.98. The number of sulfonamides is 1. The Morgan fingerprint density at radius 2 is 2.06 bits per heavy atom. The summed E-state index contributed by atoms with van der Waals surface area (Å²) in [5, 5.41) is 8.08. The van der Waals surface area contributed by atoms with Crippen LogP contribution in [0.1, 0.15) is 5.56 Å². The van der Waals surface area contributed by atoms with Crippen LogP contribution in [0.2, 0.25) is 10.0 Å². The van der Waals surface area contributed by atoms with Gasteiger partial charge in [-0.3, -0.25) is 4.72 Å². The van der Waals surface area contributed by atoms with Gasteiger partial charge in [0.15, 0.2) is 0 Å². The highest BCUT2D eigenvalue weighted by molar-refractivity contribution is 7.92. The number of hydrogen-bond acceptors (Lipinski definition) is 5. The van der Waals surface area contributed by atoms with Crippen LogP contribution in [0.5, 0.6) is 0 Å². The largest absolute Gasteiger partial charge is 0.257 e. The highest BCUT2D eigenvalue weighted by Gasteiger charge is 2.14. The Hall–Kier alpha value is -0.890. The predicted molar refractivity (Wildman–Crippen MR) is 72.6 cm³/mol. The Labute approximate surface area is 118 Å². The summed E-state index contributed by atoms with van der Waals surface area (Å²) in [5.74, 6) is -0.205. The summed E-state index contributed by atoms with van der Waals surface area (Å²) < 4.78 is 26.0. The third kappa shape index (κ3) is 3.55. The van der Waals surface area contributed by atoms with Gasteiger partial charge in [0.2, 0.25) is 15.2 Å². The lowest BCUT2D eigenvalue weighted by Crippen LogP contribution is -2.14. The first-order valence-corrected chi connectivity index (χ1v) is 7.96. The maximum atomic E-state index is 11.8. The molecule has 2 rings (SSSR count). The Balaban J connectivity index is 2.14. The lowest BCUT2D eigenvalue weighted by molar-refractivity contribution is 0.600. The topological polar surface area (TPSA) is 72.0 Å². The average molecular weight is 324 g/mol. The Bertz CT molecular complexity index is 644. The first kappa shape index (κ1) is 13.5. The van der Waals surface area contributed by atoms with Gasteiger partial charge in [-0.2, -0.15) is 0 Å². The molecule has 0 spiro atoms. The highest BCUT2D eigenvalue weighted by Crippen LogP contribution is 2.24. The zero-order valence-corrected chi connectivity index (χ0v) is 11.9. The molecule has 0 amide bonds. The van der Waals surface area contributed by atoms with Gasteiger partial charge in [0.25, 0.3) is 0 Å². The number of benzene rings is 1. The highest BCUT2D eigenvalue weighted by atomic mass is 35.5. The van der Waals surface area contributed by atoms with E-state index in [1.54, 1.807) is 12.1 Å². The summed E-state index contributed by atoms with van der Waals surface area (Å²) in [6.07, 6.45) is 0. The molecule has 0 aliphatic rings. The number of nitrogens with zero attached hydrogens (tertiary/aromatic N) is 2. The molecule has 0 saturated heterocycles. The maximum absolute atomic E-state index is 11.8. The fourth-order valence-electron chi connectivity index (χ4n) is 1.24. The zero-order valence-electron chi connectivity index (χ0n) is 8.80. The van der Waals surface area contributed by atoms with Crippen LogP contribution in [0.4, 0.5) is 5.13 Å². The lowest BCUT2D eigenvalue weighted by Gasteiger charge is -2.05. The van der Waals surface area contributed by atoms with Crippen molar-refractivity contribution in [1.82, 2.24) is 10.2 Å². The molecule has 5 nitrogen and oxygen atoms in total. The van der Waals surface area contributed by atoms with E-state index in [1.165, 1.54) is 11.6 Å². The average Bonchev–Trinajstić information content (AvgIpc) is 2.75. The maximum Gasteiger partial charge on any atom is 0.238 e. The van der Waals surface area contributed by atoms with Crippen LogP contribution in [0.15, 0.2) is 23.7 Å². The second kappa shape index (κ2) is 5.40. The summed E-state index contributed by atoms with van der Waals surface area (Å²) in [4.78, 5) is 0. The Morgan fingerprint density at radius 1 is 1.28 bits per heavy atom. The minimum Gasteiger partial charge on any atom is -0.257 e. The Kier molecular flexibility index (Phi) is 4.06. The fraction of sp³-hybridized carbons (Fsp3) is 0.111. The quantitative estimate of drug-likeness (QED) is 0.939. The molecule has 0 radical (unpaired) electrons. The van der Waals surface area contributed by atoms with Crippen molar-refractivity contribution in [2.75, 3.05) is 4.72 Å². The van der Waals surface area contributed by atoms with Gasteiger partial charge in [-0.05, 0) is 17.7 Å². The lowest BCUT2D eigenvalue weighted by atomic mass is 10.2. The molecule has 0 bridgehead atoms. The first-order valence-electron chi connectivity index (χ1n) is 4.67. The molecule has 1 N–H and O–H groups in total. The molecule has 1 aromatic heterocycles. The summed E-state index contributed by atoms with van der Waals surface area (Å²) in [6.45, 7) is 0. The van der Waals surface area contributed by atoms with Crippen molar-refractivity contribution < 1.29 is 8.42 Å². The van der Waals surface area contributed by atoms with E-state index in [4.69, 9.17) is 23.2 Å². The normalized spacial score (nSPS) is 11.4. The van der Waals surface area contributed by atoms with E-state index in [2.05, 4.69) is 14.9 Å². The van der Waals surface area contributed by atoms with Crippen LogP contribution in [0.25, 0.3) is 0 Å². The van der Waals surface area contributed by atoms with Crippen LogP contribution in [0, 0.1) is 0 Å². The number of nitrogens with one attached hydrogen (secondary N) is 1. The van der Waals surface area contributed by atoms with Crippen LogP contribution in [-0.2, 0) is 15.8 Å². The Morgan fingerprint density at radius 3 is 2.67 bits per heavy atom. The minimum absolute atomic E-state index is 0.205. The van der Waals surface area contributed by atoms with E-state index in [9.17, 15) is 8.42 Å². The van der Waals surface area contributed by atoms with Crippen molar-refractivity contribution in [3.63, 3.8) is 0 Å². The number of anilines is 1. The number of aromatic nitrogens is 2. The first-order chi connectivity index (χ1) is 8.46. The van der Waals surface area contributed by atoms with Gasteiger partial charge in [-0.1, -0.05) is 40.6 Å². The van der Waals surface area contributed by atoms with Crippen molar-refractivity contribution in [1.29, 1.82) is 0 Å². The van der Waals surface area contributed by atoms with Crippen LogP contribution in [0.3, 0.4) is 0 Å². The van der Waals surface area contributed by atoms with Gasteiger partial charge >= 0.3 is 0 Å². The number of rotatable bonds is 4. The molecule has 18 heavy (non-hydrogen) atoms. The number of halogens is 2. The van der Waals surface area contributed by atoms with Gasteiger partial charge in [0.1, 0.15) is 5.51 Å². The van der Waals surface area contributed by atoms with Crippen molar-refractivity contribution >= 4 is 49.7 Å². The molecule has 2 aromatic rings. The third-order valence-electron chi connectivity index (χ3n) is 1.94. The smallest absolute Gasteiger partial charge is 0.238 e. The summed E-state index contributed by atoms with van der Waals surface area (Å²) in [7, 11) is -3.53. The summed E-state index contributed by atoms with van der Waals surface area (Å²) >= 11 is 12.7. The molecular weight excluding hydrogens is 317 g/mol. The van der Waals surface area contributed by atoms with E-state index < -0.39 is 10.0 Å². The second-order valence-electron chi connectivity index (χ2n) is 3.35. The van der Waals surface area contributed by atoms with Gasteiger partial charge < -0.3 is 0 Å². The second-order valence-corrected chi connectivity index (χ2v) is 6.72. The van der Waals surface area contributed by atoms with Gasteiger partial charge in [0.05, 0.1) is 15.8 Å². The molecule has 0 aliphatic carbocycles. The van der Waals surface area contributed by atoms with Crippen molar-refractivity contribution in [3.05, 3.63) is 39.3 Å². The fourth-order valence-corrected chi connectivity index (χ4v) is 3.42. The molecule has 1 aromatic carbocycles. The van der Waals surface area contributed by atoms with E-state index in [0.717, 1.165) is 11.3 Å². The molecule has 0 fully saturated rings. The van der Waals surface area contributed by atoms with E-state index >= 15 is 0 Å². The molecule has 1 heterocycles. The third-order valence-corrected chi connectivity index (χ3v) is 4.64. The van der Waals surface area contributed by atoms with Crippen molar-refractivity contribution in [3.8, 4) is 0 Å².